The van der Waals surface area contributed by atoms with Crippen molar-refractivity contribution in [3.63, 3.8) is 0 Å². The SMILES string of the molecule is CSc1nnc(C=O)s1. The first kappa shape index (κ1) is 6.70. The van der Waals surface area contributed by atoms with Crippen molar-refractivity contribution in [2.24, 2.45) is 0 Å². The molecular weight excluding hydrogens is 156 g/mol. The minimum Gasteiger partial charge on any atom is -0.295 e. The molecule has 5 heteroatoms. The van der Waals surface area contributed by atoms with E-state index >= 15 is 0 Å². The van der Waals surface area contributed by atoms with Gasteiger partial charge in [0, 0.05) is 0 Å². The first-order valence-corrected chi connectivity index (χ1v) is 4.23. The molecule has 0 amide bonds. The van der Waals surface area contributed by atoms with E-state index < -0.39 is 0 Å². The Bertz CT molecular complexity index is 210. The number of nitrogens with zero attached hydrogens (tertiary/aromatic N) is 2. The van der Waals surface area contributed by atoms with E-state index in [1.54, 1.807) is 0 Å². The predicted molar refractivity (Wildman–Crippen MR) is 37.1 cm³/mol. The summed E-state index contributed by atoms with van der Waals surface area (Å²) in [6.45, 7) is 0. The molecule has 48 valence electrons. The van der Waals surface area contributed by atoms with Crippen molar-refractivity contribution >= 4 is 29.4 Å². The molecule has 1 aromatic heterocycles. The third-order valence-corrected chi connectivity index (χ3v) is 2.52. The third kappa shape index (κ3) is 1.49. The van der Waals surface area contributed by atoms with Crippen molar-refractivity contribution in [1.82, 2.24) is 10.2 Å². The average molecular weight is 160 g/mol. The second-order valence-electron chi connectivity index (χ2n) is 1.23. The van der Waals surface area contributed by atoms with Gasteiger partial charge in [0.05, 0.1) is 0 Å². The van der Waals surface area contributed by atoms with Gasteiger partial charge in [-0.05, 0) is 6.26 Å². The largest absolute Gasteiger partial charge is 0.295 e. The van der Waals surface area contributed by atoms with Crippen molar-refractivity contribution in [3.05, 3.63) is 5.01 Å². The molecule has 0 atom stereocenters. The smallest absolute Gasteiger partial charge is 0.181 e. The molecule has 0 fully saturated rings. The van der Waals surface area contributed by atoms with Gasteiger partial charge in [-0.3, -0.25) is 4.79 Å². The van der Waals surface area contributed by atoms with Crippen LogP contribution in [0.2, 0.25) is 0 Å². The fourth-order valence-electron chi connectivity index (χ4n) is 0.351. The Balaban J connectivity index is 2.86. The Morgan fingerprint density at radius 2 is 2.44 bits per heavy atom. The van der Waals surface area contributed by atoms with Crippen LogP contribution in [-0.2, 0) is 0 Å². The molecule has 0 N–H and O–H groups in total. The molecule has 0 unspecified atom stereocenters. The number of hydrogen-bond donors (Lipinski definition) is 0. The number of thioether (sulfide) groups is 1. The molecule has 0 bridgehead atoms. The Hall–Kier alpha value is -0.420. The molecule has 0 aliphatic rings. The van der Waals surface area contributed by atoms with Gasteiger partial charge in [0.25, 0.3) is 0 Å². The van der Waals surface area contributed by atoms with Gasteiger partial charge >= 0.3 is 0 Å². The van der Waals surface area contributed by atoms with Gasteiger partial charge in [0.2, 0.25) is 0 Å². The summed E-state index contributed by atoms with van der Waals surface area (Å²) in [6, 6.07) is 0. The van der Waals surface area contributed by atoms with E-state index in [4.69, 9.17) is 0 Å². The molecule has 3 nitrogen and oxygen atoms in total. The number of hydrogen-bond acceptors (Lipinski definition) is 5. The van der Waals surface area contributed by atoms with E-state index in [1.165, 1.54) is 23.1 Å². The van der Waals surface area contributed by atoms with E-state index in [9.17, 15) is 4.79 Å². The van der Waals surface area contributed by atoms with Crippen LogP contribution in [0.3, 0.4) is 0 Å². The third-order valence-electron chi connectivity index (χ3n) is 0.698. The van der Waals surface area contributed by atoms with E-state index in [0.717, 1.165) is 4.34 Å². The highest BCUT2D eigenvalue weighted by molar-refractivity contribution is 8.00. The molecule has 0 saturated heterocycles. The molecule has 0 saturated carbocycles. The number of carbonyl (C=O) groups is 1. The predicted octanol–water partition coefficient (Wildman–Crippen LogP) is 1.07. The van der Waals surface area contributed by atoms with Crippen LogP contribution in [-0.4, -0.2) is 22.7 Å². The fraction of sp³-hybridized carbons (Fsp3) is 0.250. The lowest BCUT2D eigenvalue weighted by molar-refractivity contribution is 0.112. The summed E-state index contributed by atoms with van der Waals surface area (Å²) in [5.41, 5.74) is 0. The standard InChI is InChI=1S/C4H4N2OS2/c1-8-4-6-5-3(2-7)9-4/h2H,1H3. The average Bonchev–Trinajstić information content (AvgIpc) is 2.34. The highest BCUT2D eigenvalue weighted by Gasteiger charge is 1.98. The molecule has 1 heterocycles. The van der Waals surface area contributed by atoms with Crippen LogP contribution in [0.4, 0.5) is 0 Å². The zero-order valence-electron chi connectivity index (χ0n) is 4.70. The number of rotatable bonds is 2. The number of aldehydes is 1. The first-order chi connectivity index (χ1) is 4.36. The topological polar surface area (TPSA) is 42.9 Å². The Morgan fingerprint density at radius 1 is 1.67 bits per heavy atom. The van der Waals surface area contributed by atoms with Crippen LogP contribution in [0.1, 0.15) is 9.80 Å². The number of aromatic nitrogens is 2. The summed E-state index contributed by atoms with van der Waals surface area (Å²) >= 11 is 2.80. The highest BCUT2D eigenvalue weighted by atomic mass is 32.2. The van der Waals surface area contributed by atoms with Gasteiger partial charge in [-0.2, -0.15) is 0 Å². The van der Waals surface area contributed by atoms with Crippen LogP contribution < -0.4 is 0 Å². The molecule has 1 rings (SSSR count). The molecule has 0 aromatic carbocycles. The van der Waals surface area contributed by atoms with Crippen molar-refractivity contribution < 1.29 is 4.79 Å². The summed E-state index contributed by atoms with van der Waals surface area (Å²) in [5.74, 6) is 0. The van der Waals surface area contributed by atoms with Crippen LogP contribution >= 0.6 is 23.1 Å². The maximum atomic E-state index is 10.0. The van der Waals surface area contributed by atoms with Crippen molar-refractivity contribution in [2.45, 2.75) is 4.34 Å². The summed E-state index contributed by atoms with van der Waals surface area (Å²) in [5, 5.41) is 7.73. The zero-order chi connectivity index (χ0) is 6.69. The highest BCUT2D eigenvalue weighted by Crippen LogP contribution is 2.17. The summed E-state index contributed by atoms with van der Waals surface area (Å²) in [4.78, 5) is 10.0. The molecule has 0 aliphatic carbocycles. The molecule has 0 radical (unpaired) electrons. The Labute approximate surface area is 60.5 Å². The van der Waals surface area contributed by atoms with Gasteiger partial charge < -0.3 is 0 Å². The fourth-order valence-corrected chi connectivity index (χ4v) is 1.45. The van der Waals surface area contributed by atoms with E-state index in [1.807, 2.05) is 6.26 Å². The van der Waals surface area contributed by atoms with Crippen LogP contribution in [0, 0.1) is 0 Å². The van der Waals surface area contributed by atoms with Gasteiger partial charge in [0.1, 0.15) is 0 Å². The van der Waals surface area contributed by atoms with Gasteiger partial charge in [-0.1, -0.05) is 23.1 Å². The normalized spacial score (nSPS) is 9.44. The lowest BCUT2D eigenvalue weighted by Crippen LogP contribution is -1.74. The number of carbonyl (C=O) groups excluding carboxylic acids is 1. The summed E-state index contributed by atoms with van der Waals surface area (Å²) in [7, 11) is 0. The Kier molecular flexibility index (Phi) is 2.18. The van der Waals surface area contributed by atoms with E-state index in [0.29, 0.717) is 11.3 Å². The zero-order valence-corrected chi connectivity index (χ0v) is 6.33. The van der Waals surface area contributed by atoms with Crippen molar-refractivity contribution in [3.8, 4) is 0 Å². The molecule has 9 heavy (non-hydrogen) atoms. The molecular formula is C4H4N2OS2. The maximum absolute atomic E-state index is 10.0. The Morgan fingerprint density at radius 3 is 2.78 bits per heavy atom. The van der Waals surface area contributed by atoms with E-state index in [2.05, 4.69) is 10.2 Å². The minimum absolute atomic E-state index is 0.444. The molecule has 0 spiro atoms. The van der Waals surface area contributed by atoms with Crippen LogP contribution in [0.25, 0.3) is 0 Å². The van der Waals surface area contributed by atoms with Gasteiger partial charge in [-0.15, -0.1) is 10.2 Å². The maximum Gasteiger partial charge on any atom is 0.181 e. The first-order valence-electron chi connectivity index (χ1n) is 2.19. The quantitative estimate of drug-likeness (QED) is 0.479. The summed E-state index contributed by atoms with van der Waals surface area (Å²) in [6.07, 6.45) is 2.60. The van der Waals surface area contributed by atoms with E-state index in [-0.39, 0.29) is 0 Å². The lowest BCUT2D eigenvalue weighted by Gasteiger charge is -1.75. The van der Waals surface area contributed by atoms with Gasteiger partial charge in [-0.25, -0.2) is 0 Å². The second kappa shape index (κ2) is 2.93. The monoisotopic (exact) mass is 160 g/mol. The minimum atomic E-state index is 0.444. The summed E-state index contributed by atoms with van der Waals surface area (Å²) < 4.78 is 0.831. The van der Waals surface area contributed by atoms with Crippen molar-refractivity contribution in [1.29, 1.82) is 0 Å². The second-order valence-corrected chi connectivity index (χ2v) is 3.29. The molecule has 1 aromatic rings. The lowest BCUT2D eigenvalue weighted by atomic mass is 10.8. The van der Waals surface area contributed by atoms with Gasteiger partial charge in [0.15, 0.2) is 15.6 Å². The van der Waals surface area contributed by atoms with Crippen molar-refractivity contribution in [2.75, 3.05) is 6.26 Å². The van der Waals surface area contributed by atoms with Crippen LogP contribution in [0.5, 0.6) is 0 Å². The molecule has 0 aliphatic heterocycles. The van der Waals surface area contributed by atoms with Crippen LogP contribution in [0.15, 0.2) is 4.34 Å².